The number of hydrogen-bond acceptors (Lipinski definition) is 4. The highest BCUT2D eigenvalue weighted by Gasteiger charge is 2.22. The second-order valence-electron chi connectivity index (χ2n) is 7.19. The van der Waals surface area contributed by atoms with Gasteiger partial charge in [-0.2, -0.15) is 5.10 Å². The fraction of sp³-hybridized carbons (Fsp3) is 0.450. The molecule has 5 nitrogen and oxygen atoms in total. The minimum absolute atomic E-state index is 0.000344. The van der Waals surface area contributed by atoms with Gasteiger partial charge in [0.15, 0.2) is 5.65 Å². The van der Waals surface area contributed by atoms with Gasteiger partial charge in [0.05, 0.1) is 28.0 Å². The van der Waals surface area contributed by atoms with Gasteiger partial charge in [-0.25, -0.2) is 9.67 Å². The molecular formula is C20H25ClN4OS. The second-order valence-corrected chi connectivity index (χ2v) is 8.99. The number of thiophene rings is 1. The quantitative estimate of drug-likeness (QED) is 0.544. The average molecular weight is 405 g/mol. The Balaban J connectivity index is 2.06. The van der Waals surface area contributed by atoms with E-state index in [2.05, 4.69) is 32.8 Å². The molecule has 0 aliphatic rings. The first kappa shape index (κ1) is 19.8. The molecule has 3 aromatic heterocycles. The number of fused-ring (bicyclic) bond motifs is 1. The summed E-state index contributed by atoms with van der Waals surface area (Å²) in [5.41, 5.74) is 2.35. The summed E-state index contributed by atoms with van der Waals surface area (Å²) in [6.07, 6.45) is 1.76. The lowest BCUT2D eigenvalue weighted by atomic mass is 10.0. The molecule has 0 fully saturated rings. The van der Waals surface area contributed by atoms with Crippen molar-refractivity contribution in [1.82, 2.24) is 19.7 Å². The Morgan fingerprint density at radius 1 is 1.30 bits per heavy atom. The summed E-state index contributed by atoms with van der Waals surface area (Å²) in [7, 11) is 0. The van der Waals surface area contributed by atoms with Crippen LogP contribution in [-0.2, 0) is 6.54 Å². The van der Waals surface area contributed by atoms with Crippen molar-refractivity contribution in [2.45, 2.75) is 53.1 Å². The molecule has 1 amide bonds. The molecule has 0 saturated heterocycles. The molecule has 0 N–H and O–H groups in total. The largest absolute Gasteiger partial charge is 0.334 e. The van der Waals surface area contributed by atoms with E-state index in [4.69, 9.17) is 16.6 Å². The number of rotatable bonds is 6. The Labute approximate surface area is 169 Å². The topological polar surface area (TPSA) is 51.0 Å². The third-order valence-electron chi connectivity index (χ3n) is 4.54. The van der Waals surface area contributed by atoms with Gasteiger partial charge in [-0.15, -0.1) is 11.3 Å². The standard InChI is InChI=1S/C20H25ClN4OS/c1-6-24(11-14-7-8-18(21)27-14)20(26)15-9-17(12(2)3)23-19-16(15)10-22-25(19)13(4)5/h7-10,12-13H,6,11H2,1-5H3. The summed E-state index contributed by atoms with van der Waals surface area (Å²) in [5.74, 6) is 0.224. The van der Waals surface area contributed by atoms with Gasteiger partial charge in [-0.1, -0.05) is 25.4 Å². The third kappa shape index (κ3) is 4.01. The van der Waals surface area contributed by atoms with Crippen LogP contribution < -0.4 is 0 Å². The van der Waals surface area contributed by atoms with Crippen molar-refractivity contribution in [3.8, 4) is 0 Å². The highest BCUT2D eigenvalue weighted by Crippen LogP contribution is 2.27. The number of amides is 1. The Morgan fingerprint density at radius 2 is 2.04 bits per heavy atom. The van der Waals surface area contributed by atoms with Gasteiger partial charge in [-0.3, -0.25) is 4.79 Å². The van der Waals surface area contributed by atoms with Crippen molar-refractivity contribution in [2.75, 3.05) is 6.54 Å². The van der Waals surface area contributed by atoms with Crippen LogP contribution >= 0.6 is 22.9 Å². The van der Waals surface area contributed by atoms with Crippen LogP contribution in [0.25, 0.3) is 11.0 Å². The molecule has 0 unspecified atom stereocenters. The van der Waals surface area contributed by atoms with Crippen LogP contribution in [0.5, 0.6) is 0 Å². The molecule has 3 aromatic rings. The fourth-order valence-electron chi connectivity index (χ4n) is 3.01. The molecule has 0 bridgehead atoms. The number of carbonyl (C=O) groups is 1. The summed E-state index contributed by atoms with van der Waals surface area (Å²) in [5, 5.41) is 5.29. The van der Waals surface area contributed by atoms with E-state index in [1.165, 1.54) is 11.3 Å². The van der Waals surface area contributed by atoms with Gasteiger partial charge in [0.2, 0.25) is 0 Å². The first-order valence-electron chi connectivity index (χ1n) is 9.23. The van der Waals surface area contributed by atoms with Gasteiger partial charge >= 0.3 is 0 Å². The van der Waals surface area contributed by atoms with E-state index in [0.717, 1.165) is 25.9 Å². The van der Waals surface area contributed by atoms with Crippen molar-refractivity contribution in [3.05, 3.63) is 44.9 Å². The van der Waals surface area contributed by atoms with Crippen LogP contribution in [0.15, 0.2) is 24.4 Å². The molecule has 0 atom stereocenters. The molecule has 0 radical (unpaired) electrons. The van der Waals surface area contributed by atoms with E-state index < -0.39 is 0 Å². The van der Waals surface area contributed by atoms with Crippen LogP contribution in [0.1, 0.15) is 67.5 Å². The van der Waals surface area contributed by atoms with E-state index >= 15 is 0 Å². The van der Waals surface area contributed by atoms with Crippen molar-refractivity contribution >= 4 is 39.9 Å². The maximum Gasteiger partial charge on any atom is 0.255 e. The number of aromatic nitrogens is 3. The number of halogens is 1. The summed E-state index contributed by atoms with van der Waals surface area (Å²) in [6, 6.07) is 5.94. The smallest absolute Gasteiger partial charge is 0.255 e. The Hall–Kier alpha value is -1.92. The van der Waals surface area contributed by atoms with E-state index in [0.29, 0.717) is 18.7 Å². The summed E-state index contributed by atoms with van der Waals surface area (Å²) >= 11 is 7.55. The van der Waals surface area contributed by atoms with E-state index in [1.807, 2.05) is 34.7 Å². The Kier molecular flexibility index (Phi) is 5.86. The minimum Gasteiger partial charge on any atom is -0.334 e. The van der Waals surface area contributed by atoms with Gasteiger partial charge < -0.3 is 4.90 Å². The number of hydrogen-bond donors (Lipinski definition) is 0. The van der Waals surface area contributed by atoms with Crippen LogP contribution in [0.2, 0.25) is 4.34 Å². The van der Waals surface area contributed by atoms with E-state index in [9.17, 15) is 4.79 Å². The maximum absolute atomic E-state index is 13.4. The lowest BCUT2D eigenvalue weighted by Gasteiger charge is -2.21. The Morgan fingerprint density at radius 3 is 2.59 bits per heavy atom. The highest BCUT2D eigenvalue weighted by molar-refractivity contribution is 7.16. The predicted molar refractivity (Wildman–Crippen MR) is 112 cm³/mol. The SMILES string of the molecule is CCN(Cc1ccc(Cl)s1)C(=O)c1cc(C(C)C)nc2c1cnn2C(C)C. The van der Waals surface area contributed by atoms with Crippen molar-refractivity contribution < 1.29 is 4.79 Å². The minimum atomic E-state index is -0.000344. The number of nitrogens with zero attached hydrogens (tertiary/aromatic N) is 4. The predicted octanol–water partition coefficient (Wildman–Crippen LogP) is 5.51. The van der Waals surface area contributed by atoms with Gasteiger partial charge in [0, 0.05) is 23.2 Å². The lowest BCUT2D eigenvalue weighted by Crippen LogP contribution is -2.30. The molecule has 3 heterocycles. The number of pyridine rings is 1. The van der Waals surface area contributed by atoms with Crippen molar-refractivity contribution in [1.29, 1.82) is 0 Å². The van der Waals surface area contributed by atoms with E-state index in [1.54, 1.807) is 6.20 Å². The summed E-state index contributed by atoms with van der Waals surface area (Å²) in [6.45, 7) is 11.5. The zero-order valence-corrected chi connectivity index (χ0v) is 17.9. The monoisotopic (exact) mass is 404 g/mol. The molecular weight excluding hydrogens is 380 g/mol. The second kappa shape index (κ2) is 7.98. The molecule has 27 heavy (non-hydrogen) atoms. The van der Waals surface area contributed by atoms with Gasteiger partial charge in [0.1, 0.15) is 0 Å². The normalized spacial score (nSPS) is 11.7. The van der Waals surface area contributed by atoms with Crippen molar-refractivity contribution in [2.24, 2.45) is 0 Å². The van der Waals surface area contributed by atoms with Gasteiger partial charge in [0.25, 0.3) is 5.91 Å². The van der Waals surface area contributed by atoms with E-state index in [-0.39, 0.29) is 17.9 Å². The first-order chi connectivity index (χ1) is 12.8. The van der Waals surface area contributed by atoms with Crippen LogP contribution in [0.4, 0.5) is 0 Å². The molecule has 0 aliphatic heterocycles. The molecule has 0 saturated carbocycles. The summed E-state index contributed by atoms with van der Waals surface area (Å²) in [4.78, 5) is 21.1. The molecule has 3 rings (SSSR count). The average Bonchev–Trinajstić information content (AvgIpc) is 3.23. The first-order valence-corrected chi connectivity index (χ1v) is 10.4. The molecule has 0 aliphatic carbocycles. The van der Waals surface area contributed by atoms with Gasteiger partial charge in [-0.05, 0) is 44.9 Å². The maximum atomic E-state index is 13.4. The molecule has 0 aromatic carbocycles. The fourth-order valence-corrected chi connectivity index (χ4v) is 4.11. The van der Waals surface area contributed by atoms with Crippen LogP contribution in [0.3, 0.4) is 0 Å². The molecule has 0 spiro atoms. The zero-order chi connectivity index (χ0) is 19.7. The van der Waals surface area contributed by atoms with Crippen LogP contribution in [-0.4, -0.2) is 32.1 Å². The lowest BCUT2D eigenvalue weighted by molar-refractivity contribution is 0.0756. The molecule has 144 valence electrons. The highest BCUT2D eigenvalue weighted by atomic mass is 35.5. The summed E-state index contributed by atoms with van der Waals surface area (Å²) < 4.78 is 2.62. The van der Waals surface area contributed by atoms with Crippen molar-refractivity contribution in [3.63, 3.8) is 0 Å². The number of carbonyl (C=O) groups excluding carboxylic acids is 1. The third-order valence-corrected chi connectivity index (χ3v) is 5.76. The zero-order valence-electron chi connectivity index (χ0n) is 16.4. The van der Waals surface area contributed by atoms with Crippen LogP contribution in [0, 0.1) is 0 Å². The Bertz CT molecular complexity index is 960. The molecule has 7 heteroatoms.